The van der Waals surface area contributed by atoms with Crippen LogP contribution in [-0.2, 0) is 0 Å². The normalized spacial score (nSPS) is 23.1. The van der Waals surface area contributed by atoms with Crippen LogP contribution in [0.1, 0.15) is 31.4 Å². The third-order valence-corrected chi connectivity index (χ3v) is 8.64. The van der Waals surface area contributed by atoms with Gasteiger partial charge in [0.15, 0.2) is 0 Å². The van der Waals surface area contributed by atoms with E-state index in [1.165, 1.54) is 38.1 Å². The van der Waals surface area contributed by atoms with Gasteiger partial charge in [0.1, 0.15) is 11.6 Å². The van der Waals surface area contributed by atoms with E-state index in [1.807, 2.05) is 6.92 Å². The number of aliphatic hydroxyl groups excluding tert-OH is 1. The predicted molar refractivity (Wildman–Crippen MR) is 140 cm³/mol. The van der Waals surface area contributed by atoms with Crippen molar-refractivity contribution in [1.82, 2.24) is 19.8 Å². The van der Waals surface area contributed by atoms with Crippen molar-refractivity contribution in [2.75, 3.05) is 62.6 Å². The summed E-state index contributed by atoms with van der Waals surface area (Å²) in [6.45, 7) is 9.56. The zero-order valence-electron chi connectivity index (χ0n) is 20.0. The Bertz CT molecular complexity index is 1040. The Hall–Kier alpha value is -1.52. The summed E-state index contributed by atoms with van der Waals surface area (Å²) in [6, 6.07) is 4.97. The number of hydrogen-bond donors (Lipinski definition) is 2. The lowest BCUT2D eigenvalue weighted by molar-refractivity contribution is -0.00709. The number of likely N-dealkylation sites (tertiary alicyclic amines) is 2. The lowest BCUT2D eigenvalue weighted by Crippen LogP contribution is -2.63. The van der Waals surface area contributed by atoms with Crippen molar-refractivity contribution >= 4 is 39.3 Å². The van der Waals surface area contributed by atoms with Crippen LogP contribution in [0.15, 0.2) is 28.9 Å². The molecule has 3 aliphatic heterocycles. The van der Waals surface area contributed by atoms with Crippen LogP contribution in [0.4, 0.5) is 16.2 Å². The number of rotatable bonds is 8. The van der Waals surface area contributed by atoms with Gasteiger partial charge < -0.3 is 15.3 Å². The minimum Gasteiger partial charge on any atom is -0.395 e. The number of hydrogen-bond acceptors (Lipinski definition) is 7. The number of piperidine rings is 1. The van der Waals surface area contributed by atoms with E-state index < -0.39 is 0 Å². The van der Waals surface area contributed by atoms with Crippen LogP contribution in [0.3, 0.4) is 0 Å². The standard InChI is InChI=1S/C25H33BrClFN6O/c1-16(21-5-4-19(28)9-23(21)27)30-24-22(26)10-29-25(31-24)34-12-18(13-34)17-3-2-6-33(11-17)20-14-32(15-20)7-8-35/h4-5,9-10,16-18,20,35H,2-3,6-8,11-15H2,1H3,(H,29,30,31). The topological polar surface area (TPSA) is 67.8 Å². The van der Waals surface area contributed by atoms with E-state index >= 15 is 0 Å². The molecule has 1 aromatic heterocycles. The Balaban J connectivity index is 1.16. The fraction of sp³-hybridized carbons (Fsp3) is 0.600. The van der Waals surface area contributed by atoms with Gasteiger partial charge in [-0.1, -0.05) is 17.7 Å². The van der Waals surface area contributed by atoms with E-state index in [-0.39, 0.29) is 18.5 Å². The summed E-state index contributed by atoms with van der Waals surface area (Å²) in [6.07, 6.45) is 4.35. The third-order valence-electron chi connectivity index (χ3n) is 7.73. The highest BCUT2D eigenvalue weighted by Crippen LogP contribution is 2.35. The Morgan fingerprint density at radius 1 is 1.23 bits per heavy atom. The average molecular weight is 568 g/mol. The van der Waals surface area contributed by atoms with E-state index in [2.05, 4.69) is 40.9 Å². The molecule has 2 unspecified atom stereocenters. The molecule has 0 bridgehead atoms. The summed E-state index contributed by atoms with van der Waals surface area (Å²) in [4.78, 5) is 16.6. The van der Waals surface area contributed by atoms with Crippen LogP contribution < -0.4 is 10.2 Å². The maximum Gasteiger partial charge on any atom is 0.227 e. The monoisotopic (exact) mass is 566 g/mol. The van der Waals surface area contributed by atoms with Gasteiger partial charge in [-0.05, 0) is 71.8 Å². The molecule has 0 saturated carbocycles. The molecule has 0 amide bonds. The minimum absolute atomic E-state index is 0.140. The first-order chi connectivity index (χ1) is 16.9. The summed E-state index contributed by atoms with van der Waals surface area (Å²) in [5.74, 6) is 2.48. The quantitative estimate of drug-likeness (QED) is 0.499. The summed E-state index contributed by atoms with van der Waals surface area (Å²) < 4.78 is 14.2. The molecular weight excluding hydrogens is 535 g/mol. The second-order valence-corrected chi connectivity index (χ2v) is 11.4. The molecule has 7 nitrogen and oxygen atoms in total. The molecule has 2 atom stereocenters. The van der Waals surface area contributed by atoms with Crippen LogP contribution in [0.2, 0.25) is 5.02 Å². The molecule has 2 N–H and O–H groups in total. The maximum absolute atomic E-state index is 13.4. The fourth-order valence-electron chi connectivity index (χ4n) is 5.58. The van der Waals surface area contributed by atoms with Gasteiger partial charge in [0.2, 0.25) is 5.95 Å². The highest BCUT2D eigenvalue weighted by Gasteiger charge is 2.40. The lowest BCUT2D eigenvalue weighted by Gasteiger charge is -2.51. The zero-order chi connectivity index (χ0) is 24.5. The highest BCUT2D eigenvalue weighted by atomic mass is 79.9. The fourth-order valence-corrected chi connectivity index (χ4v) is 6.21. The van der Waals surface area contributed by atoms with Crippen LogP contribution in [0, 0.1) is 17.7 Å². The van der Waals surface area contributed by atoms with Gasteiger partial charge >= 0.3 is 0 Å². The molecule has 0 aliphatic carbocycles. The number of aliphatic hydroxyl groups is 1. The third kappa shape index (κ3) is 5.59. The van der Waals surface area contributed by atoms with Crippen molar-refractivity contribution in [3.8, 4) is 0 Å². The van der Waals surface area contributed by atoms with Crippen molar-refractivity contribution in [1.29, 1.82) is 0 Å². The predicted octanol–water partition coefficient (Wildman–Crippen LogP) is 4.03. The first kappa shape index (κ1) is 25.1. The van der Waals surface area contributed by atoms with Gasteiger partial charge in [-0.3, -0.25) is 9.80 Å². The number of anilines is 2. The van der Waals surface area contributed by atoms with E-state index in [0.29, 0.717) is 22.8 Å². The van der Waals surface area contributed by atoms with Crippen molar-refractivity contribution in [3.05, 3.63) is 45.3 Å². The molecule has 4 heterocycles. The molecule has 3 saturated heterocycles. The van der Waals surface area contributed by atoms with Gasteiger partial charge in [0, 0.05) is 56.5 Å². The number of nitrogens with zero attached hydrogens (tertiary/aromatic N) is 5. The number of halogens is 3. The van der Waals surface area contributed by atoms with Gasteiger partial charge in [0.25, 0.3) is 0 Å². The van der Waals surface area contributed by atoms with Gasteiger partial charge in [-0.25, -0.2) is 9.37 Å². The molecule has 3 aliphatic rings. The summed E-state index contributed by atoms with van der Waals surface area (Å²) in [5, 5.41) is 12.9. The zero-order valence-corrected chi connectivity index (χ0v) is 22.3. The van der Waals surface area contributed by atoms with E-state index in [0.717, 1.165) is 54.6 Å². The molecule has 2 aromatic rings. The molecular formula is C25H33BrClFN6O. The van der Waals surface area contributed by atoms with Crippen LogP contribution in [0.25, 0.3) is 0 Å². The summed E-state index contributed by atoms with van der Waals surface area (Å²) in [5.41, 5.74) is 0.817. The van der Waals surface area contributed by atoms with Crippen molar-refractivity contribution in [2.45, 2.75) is 31.8 Å². The minimum atomic E-state index is -0.346. The Labute approximate surface area is 219 Å². The SMILES string of the molecule is CC(Nc1nc(N2CC(C3CCCN(C4CN(CCO)C4)C3)C2)ncc1Br)c1ccc(F)cc1Cl. The summed E-state index contributed by atoms with van der Waals surface area (Å²) in [7, 11) is 0. The smallest absolute Gasteiger partial charge is 0.227 e. The van der Waals surface area contributed by atoms with Crippen LogP contribution in [-0.4, -0.2) is 83.3 Å². The van der Waals surface area contributed by atoms with Gasteiger partial charge in [-0.15, -0.1) is 0 Å². The number of benzene rings is 1. The van der Waals surface area contributed by atoms with Crippen molar-refractivity contribution in [3.63, 3.8) is 0 Å². The number of β-amino-alcohol motifs (C(OH)–C–C–N with tert-alkyl or cyclic N) is 1. The summed E-state index contributed by atoms with van der Waals surface area (Å²) >= 11 is 9.80. The molecule has 0 radical (unpaired) electrons. The highest BCUT2D eigenvalue weighted by molar-refractivity contribution is 9.10. The second kappa shape index (κ2) is 10.8. The molecule has 0 spiro atoms. The molecule has 190 valence electrons. The second-order valence-electron chi connectivity index (χ2n) is 10.1. The Morgan fingerprint density at radius 3 is 2.77 bits per heavy atom. The van der Waals surface area contributed by atoms with E-state index in [4.69, 9.17) is 21.7 Å². The largest absolute Gasteiger partial charge is 0.395 e. The first-order valence-electron chi connectivity index (χ1n) is 12.5. The first-order valence-corrected chi connectivity index (χ1v) is 13.6. The van der Waals surface area contributed by atoms with Crippen molar-refractivity contribution < 1.29 is 9.50 Å². The molecule has 3 fully saturated rings. The maximum atomic E-state index is 13.4. The van der Waals surface area contributed by atoms with Gasteiger partial charge in [-0.2, -0.15) is 4.98 Å². The van der Waals surface area contributed by atoms with Crippen molar-refractivity contribution in [2.24, 2.45) is 11.8 Å². The molecule has 5 rings (SSSR count). The molecule has 1 aromatic carbocycles. The van der Waals surface area contributed by atoms with Crippen LogP contribution in [0.5, 0.6) is 0 Å². The molecule has 35 heavy (non-hydrogen) atoms. The van der Waals surface area contributed by atoms with Crippen LogP contribution >= 0.6 is 27.5 Å². The van der Waals surface area contributed by atoms with E-state index in [9.17, 15) is 4.39 Å². The number of aromatic nitrogens is 2. The van der Waals surface area contributed by atoms with E-state index in [1.54, 1.807) is 12.3 Å². The average Bonchev–Trinajstić information content (AvgIpc) is 2.77. The van der Waals surface area contributed by atoms with Gasteiger partial charge in [0.05, 0.1) is 17.1 Å². The lowest BCUT2D eigenvalue weighted by atomic mass is 9.80. The Kier molecular flexibility index (Phi) is 7.79. The molecule has 10 heteroatoms. The number of nitrogens with one attached hydrogen (secondary N) is 1. The Morgan fingerprint density at radius 2 is 2.03 bits per heavy atom.